The van der Waals surface area contributed by atoms with E-state index in [0.717, 1.165) is 5.56 Å². The molecular weight excluding hydrogens is 257 g/mol. The van der Waals surface area contributed by atoms with Crippen molar-refractivity contribution in [2.75, 3.05) is 12.4 Å². The number of anilines is 1. The summed E-state index contributed by atoms with van der Waals surface area (Å²) in [6.45, 7) is 1.85. The van der Waals surface area contributed by atoms with Gasteiger partial charge in [0.05, 0.1) is 11.6 Å². The summed E-state index contributed by atoms with van der Waals surface area (Å²) in [5.41, 5.74) is 2.03. The molecule has 0 aliphatic carbocycles. The summed E-state index contributed by atoms with van der Waals surface area (Å²) in [5.74, 6) is -0.517. The van der Waals surface area contributed by atoms with Crippen LogP contribution < -0.4 is 10.6 Å². The second kappa shape index (κ2) is 6.14. The Morgan fingerprint density at radius 1 is 1.25 bits per heavy atom. The van der Waals surface area contributed by atoms with E-state index in [1.54, 1.807) is 31.4 Å². The Labute approximate surface area is 117 Å². The third kappa shape index (κ3) is 3.12. The van der Waals surface area contributed by atoms with Gasteiger partial charge in [0.2, 0.25) is 0 Å². The first-order valence-corrected chi connectivity index (χ1v) is 6.30. The van der Waals surface area contributed by atoms with Gasteiger partial charge in [0.15, 0.2) is 0 Å². The number of aromatic nitrogens is 1. The third-order valence-electron chi connectivity index (χ3n) is 3.05. The van der Waals surface area contributed by atoms with Gasteiger partial charge in [-0.2, -0.15) is 0 Å². The lowest BCUT2D eigenvalue weighted by atomic mass is 10.1. The zero-order valence-corrected chi connectivity index (χ0v) is 11.4. The molecule has 2 N–H and O–H groups in total. The summed E-state index contributed by atoms with van der Waals surface area (Å²) in [4.78, 5) is 16.2. The molecule has 1 atom stereocenters. The minimum Gasteiger partial charge on any atom is -0.387 e. The van der Waals surface area contributed by atoms with Crippen LogP contribution in [0.1, 0.15) is 28.9 Å². The molecule has 2 aromatic rings. The van der Waals surface area contributed by atoms with Crippen LogP contribution in [0.15, 0.2) is 42.7 Å². The highest BCUT2D eigenvalue weighted by atomic mass is 19.1. The van der Waals surface area contributed by atoms with Gasteiger partial charge in [0.1, 0.15) is 5.82 Å². The van der Waals surface area contributed by atoms with Gasteiger partial charge < -0.3 is 10.6 Å². The normalized spacial score (nSPS) is 11.8. The van der Waals surface area contributed by atoms with Crippen molar-refractivity contribution in [1.29, 1.82) is 0 Å². The van der Waals surface area contributed by atoms with Crippen LogP contribution in [0.25, 0.3) is 0 Å². The number of carbonyl (C=O) groups is 1. The summed E-state index contributed by atoms with van der Waals surface area (Å²) in [5, 5.41) is 5.81. The Morgan fingerprint density at radius 2 is 1.95 bits per heavy atom. The van der Waals surface area contributed by atoms with Crippen molar-refractivity contribution in [3.05, 3.63) is 59.7 Å². The lowest BCUT2D eigenvalue weighted by molar-refractivity contribution is 0.0940. The molecule has 104 valence electrons. The predicted molar refractivity (Wildman–Crippen MR) is 76.1 cm³/mol. The Balaban J connectivity index is 2.13. The van der Waals surface area contributed by atoms with Crippen molar-refractivity contribution in [3.63, 3.8) is 0 Å². The summed E-state index contributed by atoms with van der Waals surface area (Å²) in [6.07, 6.45) is 3.13. The van der Waals surface area contributed by atoms with Gasteiger partial charge in [-0.3, -0.25) is 9.78 Å². The van der Waals surface area contributed by atoms with Gasteiger partial charge in [-0.25, -0.2) is 4.39 Å². The number of hydrogen-bond acceptors (Lipinski definition) is 3. The average Bonchev–Trinajstić information content (AvgIpc) is 2.47. The molecule has 0 radical (unpaired) electrons. The van der Waals surface area contributed by atoms with E-state index in [9.17, 15) is 9.18 Å². The molecule has 1 amide bonds. The van der Waals surface area contributed by atoms with Crippen LogP contribution in [-0.4, -0.2) is 17.9 Å². The standard InChI is InChI=1S/C15H16FN3O/c1-10(11-3-5-12(16)6-4-11)19-15(20)13-9-18-8-7-14(13)17-2/h3-10H,1-2H3,(H,17,18)(H,19,20). The molecule has 1 heterocycles. The number of rotatable bonds is 4. The number of pyridine rings is 1. The van der Waals surface area contributed by atoms with Crippen molar-refractivity contribution in [3.8, 4) is 0 Å². The minimum atomic E-state index is -0.294. The summed E-state index contributed by atoms with van der Waals surface area (Å²) in [7, 11) is 1.75. The largest absolute Gasteiger partial charge is 0.387 e. The van der Waals surface area contributed by atoms with Crippen LogP contribution in [0.2, 0.25) is 0 Å². The molecule has 0 saturated carbocycles. The fraction of sp³-hybridized carbons (Fsp3) is 0.200. The van der Waals surface area contributed by atoms with Gasteiger partial charge in [-0.1, -0.05) is 12.1 Å². The predicted octanol–water partition coefficient (Wildman–Crippen LogP) is 2.75. The van der Waals surface area contributed by atoms with E-state index in [1.165, 1.54) is 18.3 Å². The summed E-state index contributed by atoms with van der Waals surface area (Å²) < 4.78 is 12.9. The zero-order valence-electron chi connectivity index (χ0n) is 11.4. The highest BCUT2D eigenvalue weighted by molar-refractivity contribution is 5.99. The van der Waals surface area contributed by atoms with Crippen LogP contribution in [0, 0.1) is 5.82 Å². The molecule has 0 fully saturated rings. The topological polar surface area (TPSA) is 54.0 Å². The molecule has 4 nitrogen and oxygen atoms in total. The molecule has 0 bridgehead atoms. The summed E-state index contributed by atoms with van der Waals surface area (Å²) >= 11 is 0. The average molecular weight is 273 g/mol. The number of benzene rings is 1. The molecule has 1 aromatic heterocycles. The van der Waals surface area contributed by atoms with E-state index in [-0.39, 0.29) is 17.8 Å². The number of nitrogens with zero attached hydrogens (tertiary/aromatic N) is 1. The maximum atomic E-state index is 12.9. The van der Waals surface area contributed by atoms with Crippen LogP contribution >= 0.6 is 0 Å². The van der Waals surface area contributed by atoms with E-state index in [1.807, 2.05) is 6.92 Å². The Morgan fingerprint density at radius 3 is 2.60 bits per heavy atom. The van der Waals surface area contributed by atoms with E-state index < -0.39 is 0 Å². The van der Waals surface area contributed by atoms with Crippen molar-refractivity contribution in [2.45, 2.75) is 13.0 Å². The lowest BCUT2D eigenvalue weighted by Crippen LogP contribution is -2.27. The molecule has 2 rings (SSSR count). The van der Waals surface area contributed by atoms with Crippen LogP contribution in [0.4, 0.5) is 10.1 Å². The van der Waals surface area contributed by atoms with Gasteiger partial charge in [0, 0.05) is 25.1 Å². The molecule has 0 saturated heterocycles. The first kappa shape index (κ1) is 14.0. The van der Waals surface area contributed by atoms with Crippen molar-refractivity contribution in [1.82, 2.24) is 10.3 Å². The molecule has 1 aromatic carbocycles. The third-order valence-corrected chi connectivity index (χ3v) is 3.05. The molecule has 0 aliphatic heterocycles. The maximum Gasteiger partial charge on any atom is 0.255 e. The van der Waals surface area contributed by atoms with Crippen LogP contribution in [0.5, 0.6) is 0 Å². The molecule has 0 spiro atoms. The van der Waals surface area contributed by atoms with Crippen molar-refractivity contribution >= 4 is 11.6 Å². The van der Waals surface area contributed by atoms with E-state index in [0.29, 0.717) is 11.3 Å². The number of nitrogens with one attached hydrogen (secondary N) is 2. The molecular formula is C15H16FN3O. The van der Waals surface area contributed by atoms with Gasteiger partial charge in [-0.15, -0.1) is 0 Å². The number of hydrogen-bond donors (Lipinski definition) is 2. The zero-order chi connectivity index (χ0) is 14.5. The quantitative estimate of drug-likeness (QED) is 0.900. The smallest absolute Gasteiger partial charge is 0.255 e. The van der Waals surface area contributed by atoms with Crippen LogP contribution in [-0.2, 0) is 0 Å². The summed E-state index contributed by atoms with van der Waals surface area (Å²) in [6, 6.07) is 7.58. The first-order chi connectivity index (χ1) is 9.61. The minimum absolute atomic E-state index is 0.215. The number of halogens is 1. The highest BCUT2D eigenvalue weighted by Crippen LogP contribution is 2.16. The van der Waals surface area contributed by atoms with Crippen molar-refractivity contribution in [2.24, 2.45) is 0 Å². The Bertz CT molecular complexity index is 598. The van der Waals surface area contributed by atoms with E-state index in [2.05, 4.69) is 15.6 Å². The van der Waals surface area contributed by atoms with E-state index >= 15 is 0 Å². The van der Waals surface area contributed by atoms with Crippen LogP contribution in [0.3, 0.4) is 0 Å². The first-order valence-electron chi connectivity index (χ1n) is 6.30. The lowest BCUT2D eigenvalue weighted by Gasteiger charge is -2.15. The second-order valence-corrected chi connectivity index (χ2v) is 4.42. The fourth-order valence-corrected chi connectivity index (χ4v) is 1.90. The molecule has 1 unspecified atom stereocenters. The monoisotopic (exact) mass is 273 g/mol. The molecule has 5 heteroatoms. The SMILES string of the molecule is CNc1ccncc1C(=O)NC(C)c1ccc(F)cc1. The molecule has 20 heavy (non-hydrogen) atoms. The fourth-order valence-electron chi connectivity index (χ4n) is 1.90. The Hall–Kier alpha value is -2.43. The maximum absolute atomic E-state index is 12.9. The Kier molecular flexibility index (Phi) is 4.30. The number of carbonyl (C=O) groups excluding carboxylic acids is 1. The van der Waals surface area contributed by atoms with Gasteiger partial charge in [0.25, 0.3) is 5.91 Å². The molecule has 0 aliphatic rings. The second-order valence-electron chi connectivity index (χ2n) is 4.42. The van der Waals surface area contributed by atoms with Gasteiger partial charge >= 0.3 is 0 Å². The van der Waals surface area contributed by atoms with Gasteiger partial charge in [-0.05, 0) is 30.7 Å². The number of amides is 1. The van der Waals surface area contributed by atoms with E-state index in [4.69, 9.17) is 0 Å². The van der Waals surface area contributed by atoms with Crippen molar-refractivity contribution < 1.29 is 9.18 Å². The highest BCUT2D eigenvalue weighted by Gasteiger charge is 2.14.